The Hall–Kier alpha value is -3.31. The highest BCUT2D eigenvalue weighted by Crippen LogP contribution is 2.41. The third-order valence-corrected chi connectivity index (χ3v) is 8.15. The van der Waals surface area contributed by atoms with Crippen LogP contribution in [0.3, 0.4) is 0 Å². The minimum atomic E-state index is -0.515. The molecule has 202 valence electrons. The first-order valence-electron chi connectivity index (χ1n) is 13.6. The molecule has 0 heterocycles. The van der Waals surface area contributed by atoms with Gasteiger partial charge in [-0.1, -0.05) is 83.1 Å². The molecule has 0 radical (unpaired) electrons. The minimum Gasteiger partial charge on any atom is -0.393 e. The molecule has 0 spiro atoms. The average molecular weight is 515 g/mol. The quantitative estimate of drug-likeness (QED) is 0.214. The monoisotopic (exact) mass is 514 g/mol. The van der Waals surface area contributed by atoms with Crippen LogP contribution >= 0.6 is 0 Å². The molecule has 0 fully saturated rings. The van der Waals surface area contributed by atoms with Crippen LogP contribution in [-0.4, -0.2) is 17.1 Å². The number of aryl methyl sites for hydroxylation is 3. The van der Waals surface area contributed by atoms with Crippen molar-refractivity contribution < 1.29 is 9.90 Å². The number of nitrogens with one attached hydrogen (secondary N) is 1. The number of nitroso groups, excluding NO2 is 1. The third kappa shape index (κ3) is 6.21. The van der Waals surface area contributed by atoms with E-state index in [-0.39, 0.29) is 16.9 Å². The maximum atomic E-state index is 12.1. The minimum absolute atomic E-state index is 0.113. The van der Waals surface area contributed by atoms with Crippen LogP contribution in [0.4, 0.5) is 0 Å². The van der Waals surface area contributed by atoms with Crippen LogP contribution in [0.25, 0.3) is 11.1 Å². The normalized spacial score (nSPS) is 12.7. The third-order valence-electron chi connectivity index (χ3n) is 8.15. The van der Waals surface area contributed by atoms with Crippen molar-refractivity contribution in [2.24, 2.45) is 10.7 Å². The van der Waals surface area contributed by atoms with Crippen molar-refractivity contribution in [3.05, 3.63) is 99.0 Å². The number of rotatable bonds is 10. The number of carbonyl (C=O) groups excluding carboxylic acids is 1. The van der Waals surface area contributed by atoms with Gasteiger partial charge < -0.3 is 5.11 Å². The fourth-order valence-corrected chi connectivity index (χ4v) is 5.45. The van der Waals surface area contributed by atoms with Gasteiger partial charge in [-0.3, -0.25) is 4.79 Å². The van der Waals surface area contributed by atoms with Crippen molar-refractivity contribution in [3.8, 4) is 11.1 Å². The van der Waals surface area contributed by atoms with Gasteiger partial charge in [0.25, 0.3) is 5.91 Å². The summed E-state index contributed by atoms with van der Waals surface area (Å²) in [6.07, 6.45) is 3.23. The second kappa shape index (κ2) is 12.0. The summed E-state index contributed by atoms with van der Waals surface area (Å²) in [5, 5.41) is 13.0. The molecular formula is C33H42N2O3. The van der Waals surface area contributed by atoms with E-state index in [1.807, 2.05) is 17.6 Å². The predicted molar refractivity (Wildman–Crippen MR) is 156 cm³/mol. The molecule has 0 aliphatic heterocycles. The molecule has 3 rings (SSSR count). The van der Waals surface area contributed by atoms with E-state index in [9.17, 15) is 14.8 Å². The lowest BCUT2D eigenvalue weighted by Gasteiger charge is -2.34. The summed E-state index contributed by atoms with van der Waals surface area (Å²) >= 11 is 0. The molecule has 0 saturated heterocycles. The molecule has 2 N–H and O–H groups in total. The molecule has 1 unspecified atom stereocenters. The lowest BCUT2D eigenvalue weighted by Crippen LogP contribution is -2.27. The SMILES string of the molecule is CCC(CC)(c1ccc(CCC(O)C(C)(C)C)c(C)c1)c1ccc(-c2cccc(C(=O)NN=O)c2)c(C)c1. The van der Waals surface area contributed by atoms with Gasteiger partial charge in [-0.2, -0.15) is 0 Å². The van der Waals surface area contributed by atoms with Crippen LogP contribution in [-0.2, 0) is 11.8 Å². The van der Waals surface area contributed by atoms with E-state index in [2.05, 4.69) is 90.2 Å². The first-order valence-corrected chi connectivity index (χ1v) is 13.6. The van der Waals surface area contributed by atoms with Crippen molar-refractivity contribution in [3.63, 3.8) is 0 Å². The second-order valence-electron chi connectivity index (χ2n) is 11.5. The summed E-state index contributed by atoms with van der Waals surface area (Å²) < 4.78 is 0. The Morgan fingerprint density at radius 2 is 1.55 bits per heavy atom. The molecule has 5 heteroatoms. The Balaban J connectivity index is 1.94. The van der Waals surface area contributed by atoms with Gasteiger partial charge in [-0.15, -0.1) is 4.91 Å². The number of carbonyl (C=O) groups is 1. The number of hydrogen-bond acceptors (Lipinski definition) is 4. The van der Waals surface area contributed by atoms with Crippen LogP contribution < -0.4 is 5.43 Å². The summed E-state index contributed by atoms with van der Waals surface area (Å²) in [6.45, 7) is 15.0. The van der Waals surface area contributed by atoms with Gasteiger partial charge in [0.1, 0.15) is 0 Å². The number of benzene rings is 3. The number of hydrogen-bond donors (Lipinski definition) is 2. The Morgan fingerprint density at radius 3 is 2.11 bits per heavy atom. The molecule has 3 aromatic rings. The lowest BCUT2D eigenvalue weighted by molar-refractivity contribution is 0.0559. The molecule has 5 nitrogen and oxygen atoms in total. The Bertz CT molecular complexity index is 1290. The lowest BCUT2D eigenvalue weighted by atomic mass is 9.69. The zero-order valence-electron chi connectivity index (χ0n) is 23.9. The van der Waals surface area contributed by atoms with E-state index in [4.69, 9.17) is 0 Å². The van der Waals surface area contributed by atoms with Gasteiger partial charge in [-0.25, -0.2) is 5.43 Å². The molecular weight excluding hydrogens is 472 g/mol. The van der Waals surface area contributed by atoms with Crippen molar-refractivity contribution in [2.75, 3.05) is 0 Å². The topological polar surface area (TPSA) is 78.8 Å². The standard InChI is InChI=1S/C33H42N2O3/c1-8-33(9-2,27-15-13-24(22(3)19-27)14-18-30(36)32(5,6)7)28-16-17-29(23(4)20-28)25-11-10-12-26(21-25)31(37)34-35-38/h10-13,15-17,19-21,30,36H,8-9,14,18H2,1-7H3,(H,34,37,38). The summed E-state index contributed by atoms with van der Waals surface area (Å²) in [5.41, 5.74) is 10.4. The smallest absolute Gasteiger partial charge is 0.273 e. The van der Waals surface area contributed by atoms with Crippen LogP contribution in [0.2, 0.25) is 0 Å². The summed E-state index contributed by atoms with van der Waals surface area (Å²) in [5.74, 6) is -0.515. The van der Waals surface area contributed by atoms with Crippen LogP contribution in [0, 0.1) is 24.2 Å². The summed E-state index contributed by atoms with van der Waals surface area (Å²) in [6, 6.07) is 20.7. The van der Waals surface area contributed by atoms with Crippen LogP contribution in [0.1, 0.15) is 92.1 Å². The van der Waals surface area contributed by atoms with E-state index in [0.29, 0.717) is 5.56 Å². The van der Waals surface area contributed by atoms with Gasteiger partial charge in [0.15, 0.2) is 0 Å². The van der Waals surface area contributed by atoms with Crippen LogP contribution in [0.5, 0.6) is 0 Å². The largest absolute Gasteiger partial charge is 0.393 e. The van der Waals surface area contributed by atoms with E-state index < -0.39 is 5.91 Å². The van der Waals surface area contributed by atoms with Gasteiger partial charge in [-0.05, 0) is 96.0 Å². The molecule has 1 atom stereocenters. The van der Waals surface area contributed by atoms with Crippen molar-refractivity contribution in [1.29, 1.82) is 0 Å². The molecule has 3 aromatic carbocycles. The zero-order valence-corrected chi connectivity index (χ0v) is 23.9. The van der Waals surface area contributed by atoms with E-state index in [1.54, 1.807) is 12.1 Å². The van der Waals surface area contributed by atoms with Gasteiger partial charge in [0.2, 0.25) is 0 Å². The maximum Gasteiger partial charge on any atom is 0.273 e. The zero-order chi connectivity index (χ0) is 28.1. The number of nitrogens with zero attached hydrogens (tertiary/aromatic N) is 1. The predicted octanol–water partition coefficient (Wildman–Crippen LogP) is 7.83. The number of amides is 1. The highest BCUT2D eigenvalue weighted by atomic mass is 16.3. The van der Waals surface area contributed by atoms with Gasteiger partial charge >= 0.3 is 0 Å². The van der Waals surface area contributed by atoms with E-state index in [1.165, 1.54) is 22.3 Å². The molecule has 0 bridgehead atoms. The summed E-state index contributed by atoms with van der Waals surface area (Å²) in [4.78, 5) is 22.5. The first kappa shape index (κ1) is 29.2. The average Bonchev–Trinajstić information content (AvgIpc) is 2.89. The molecule has 38 heavy (non-hydrogen) atoms. The Morgan fingerprint density at radius 1 is 0.921 bits per heavy atom. The van der Waals surface area contributed by atoms with E-state index >= 15 is 0 Å². The van der Waals surface area contributed by atoms with Crippen LogP contribution in [0.15, 0.2) is 65.9 Å². The fraction of sp³-hybridized carbons (Fsp3) is 0.424. The van der Waals surface area contributed by atoms with Gasteiger partial charge in [0.05, 0.1) is 11.4 Å². The molecule has 0 saturated carbocycles. The van der Waals surface area contributed by atoms with Crippen molar-refractivity contribution >= 4 is 5.91 Å². The first-order chi connectivity index (χ1) is 18.0. The molecule has 0 aliphatic rings. The Kier molecular flexibility index (Phi) is 9.26. The molecule has 0 aromatic heterocycles. The van der Waals surface area contributed by atoms with E-state index in [0.717, 1.165) is 42.4 Å². The number of aliphatic hydroxyl groups excluding tert-OH is 1. The van der Waals surface area contributed by atoms with Crippen molar-refractivity contribution in [2.45, 2.75) is 85.7 Å². The second-order valence-corrected chi connectivity index (χ2v) is 11.5. The Labute approximate surface area is 227 Å². The molecule has 0 aliphatic carbocycles. The highest BCUT2D eigenvalue weighted by molar-refractivity contribution is 5.95. The van der Waals surface area contributed by atoms with Gasteiger partial charge in [0, 0.05) is 11.0 Å². The van der Waals surface area contributed by atoms with Crippen molar-refractivity contribution in [1.82, 2.24) is 5.43 Å². The number of aliphatic hydroxyl groups is 1. The molecule has 1 amide bonds. The maximum absolute atomic E-state index is 12.1. The summed E-state index contributed by atoms with van der Waals surface area (Å²) in [7, 11) is 0. The highest BCUT2D eigenvalue weighted by Gasteiger charge is 2.31. The fourth-order valence-electron chi connectivity index (χ4n) is 5.45.